The van der Waals surface area contributed by atoms with Gasteiger partial charge in [0.2, 0.25) is 0 Å². The zero-order valence-corrected chi connectivity index (χ0v) is 12.6. The lowest BCUT2D eigenvalue weighted by Crippen LogP contribution is -2.52. The molecular formula is C16H24N2O2. The Morgan fingerprint density at radius 3 is 2.55 bits per heavy atom. The minimum atomic E-state index is -0.280. The number of hydrogen-bond donors (Lipinski definition) is 0. The predicted octanol–water partition coefficient (Wildman–Crippen LogP) is 2.39. The number of benzene rings is 1. The van der Waals surface area contributed by atoms with E-state index in [-0.39, 0.29) is 5.97 Å². The summed E-state index contributed by atoms with van der Waals surface area (Å²) in [6.07, 6.45) is 1.21. The van der Waals surface area contributed by atoms with Crippen molar-refractivity contribution in [2.24, 2.45) is 0 Å². The van der Waals surface area contributed by atoms with E-state index >= 15 is 0 Å². The molecule has 1 fully saturated rings. The van der Waals surface area contributed by atoms with Crippen LogP contribution in [0.25, 0.3) is 0 Å². The monoisotopic (exact) mass is 276 g/mol. The third-order valence-electron chi connectivity index (χ3n) is 3.93. The Kier molecular flexibility index (Phi) is 5.01. The molecule has 0 radical (unpaired) electrons. The second-order valence-corrected chi connectivity index (χ2v) is 5.37. The third-order valence-corrected chi connectivity index (χ3v) is 3.93. The number of ether oxygens (including phenoxy) is 1. The van der Waals surface area contributed by atoms with Gasteiger partial charge in [-0.1, -0.05) is 6.92 Å². The summed E-state index contributed by atoms with van der Waals surface area (Å²) < 4.78 is 4.72. The van der Waals surface area contributed by atoms with Crippen molar-refractivity contribution >= 4 is 11.7 Å². The Bertz CT molecular complexity index is 444. The van der Waals surface area contributed by atoms with Crippen LogP contribution in [0.4, 0.5) is 5.69 Å². The number of rotatable bonds is 4. The van der Waals surface area contributed by atoms with Gasteiger partial charge in [-0.2, -0.15) is 0 Å². The number of methoxy groups -OCH3 is 1. The summed E-state index contributed by atoms with van der Waals surface area (Å²) in [6.45, 7) is 8.87. The molecule has 0 spiro atoms. The maximum atomic E-state index is 11.4. The minimum absolute atomic E-state index is 0.280. The third kappa shape index (κ3) is 3.31. The molecule has 0 bridgehead atoms. The Hall–Kier alpha value is -1.55. The van der Waals surface area contributed by atoms with Crippen LogP contribution < -0.4 is 4.90 Å². The first-order valence-electron chi connectivity index (χ1n) is 7.33. The van der Waals surface area contributed by atoms with Gasteiger partial charge in [0.05, 0.1) is 12.7 Å². The quantitative estimate of drug-likeness (QED) is 0.791. The molecule has 20 heavy (non-hydrogen) atoms. The Morgan fingerprint density at radius 1 is 1.30 bits per heavy atom. The van der Waals surface area contributed by atoms with E-state index < -0.39 is 0 Å². The Morgan fingerprint density at radius 2 is 2.00 bits per heavy atom. The highest BCUT2D eigenvalue weighted by Crippen LogP contribution is 2.20. The SMILES string of the molecule is CCCN1CCN(c2ccc(C(=O)OC)cc2)CC1C. The van der Waals surface area contributed by atoms with Crippen molar-refractivity contribution in [3.05, 3.63) is 29.8 Å². The van der Waals surface area contributed by atoms with Crippen molar-refractivity contribution in [2.75, 3.05) is 38.2 Å². The van der Waals surface area contributed by atoms with Crippen LogP contribution in [0.2, 0.25) is 0 Å². The largest absolute Gasteiger partial charge is 0.465 e. The fourth-order valence-corrected chi connectivity index (χ4v) is 2.78. The summed E-state index contributed by atoms with van der Waals surface area (Å²) >= 11 is 0. The molecule has 1 heterocycles. The summed E-state index contributed by atoms with van der Waals surface area (Å²) in [6, 6.07) is 8.27. The van der Waals surface area contributed by atoms with Crippen molar-refractivity contribution < 1.29 is 9.53 Å². The molecular weight excluding hydrogens is 252 g/mol. The Labute approximate surface area is 121 Å². The number of carbonyl (C=O) groups is 1. The Balaban J connectivity index is 2.01. The lowest BCUT2D eigenvalue weighted by molar-refractivity contribution is 0.0601. The summed E-state index contributed by atoms with van der Waals surface area (Å²) in [5.74, 6) is -0.280. The topological polar surface area (TPSA) is 32.8 Å². The molecule has 4 heteroatoms. The highest BCUT2D eigenvalue weighted by molar-refractivity contribution is 5.89. The van der Waals surface area contributed by atoms with E-state index in [1.54, 1.807) is 0 Å². The maximum absolute atomic E-state index is 11.4. The van der Waals surface area contributed by atoms with E-state index in [2.05, 4.69) is 23.6 Å². The molecule has 0 amide bonds. The van der Waals surface area contributed by atoms with Gasteiger partial charge in [0.15, 0.2) is 0 Å². The van der Waals surface area contributed by atoms with Crippen molar-refractivity contribution in [3.8, 4) is 0 Å². The molecule has 0 aromatic heterocycles. The van der Waals surface area contributed by atoms with Gasteiger partial charge < -0.3 is 9.64 Å². The van der Waals surface area contributed by atoms with Crippen molar-refractivity contribution in [3.63, 3.8) is 0 Å². The van der Waals surface area contributed by atoms with E-state index in [9.17, 15) is 4.79 Å². The van der Waals surface area contributed by atoms with Gasteiger partial charge in [0.1, 0.15) is 0 Å². The summed E-state index contributed by atoms with van der Waals surface area (Å²) in [5.41, 5.74) is 1.79. The molecule has 1 aliphatic rings. The van der Waals surface area contributed by atoms with Gasteiger partial charge in [-0.25, -0.2) is 4.79 Å². The number of anilines is 1. The molecule has 0 aliphatic carbocycles. The van der Waals surface area contributed by atoms with Crippen molar-refractivity contribution in [1.29, 1.82) is 0 Å². The standard InChI is InChI=1S/C16H24N2O2/c1-4-9-17-10-11-18(12-13(17)2)15-7-5-14(6-8-15)16(19)20-3/h5-8,13H,4,9-12H2,1-3H3. The first-order chi connectivity index (χ1) is 9.65. The first-order valence-corrected chi connectivity index (χ1v) is 7.33. The normalized spacial score (nSPS) is 19.9. The smallest absolute Gasteiger partial charge is 0.337 e. The van der Waals surface area contributed by atoms with Crippen LogP contribution in [0, 0.1) is 0 Å². The van der Waals surface area contributed by atoms with Gasteiger partial charge in [-0.3, -0.25) is 4.90 Å². The summed E-state index contributed by atoms with van der Waals surface area (Å²) in [5, 5.41) is 0. The molecule has 1 unspecified atom stereocenters. The molecule has 110 valence electrons. The fourth-order valence-electron chi connectivity index (χ4n) is 2.78. The number of piperazine rings is 1. The van der Waals surface area contributed by atoms with E-state index in [0.717, 1.165) is 19.6 Å². The molecule has 1 aromatic carbocycles. The average molecular weight is 276 g/mol. The van der Waals surface area contributed by atoms with Gasteiger partial charge in [0.25, 0.3) is 0 Å². The van der Waals surface area contributed by atoms with Gasteiger partial charge in [0, 0.05) is 31.4 Å². The van der Waals surface area contributed by atoms with Crippen LogP contribution in [0.5, 0.6) is 0 Å². The zero-order valence-electron chi connectivity index (χ0n) is 12.6. The number of esters is 1. The second-order valence-electron chi connectivity index (χ2n) is 5.37. The predicted molar refractivity (Wildman–Crippen MR) is 81.3 cm³/mol. The number of nitrogens with zero attached hydrogens (tertiary/aromatic N) is 2. The fraction of sp³-hybridized carbons (Fsp3) is 0.562. The molecule has 2 rings (SSSR count). The van der Waals surface area contributed by atoms with E-state index in [1.165, 1.54) is 25.8 Å². The lowest BCUT2D eigenvalue weighted by Gasteiger charge is -2.41. The van der Waals surface area contributed by atoms with Crippen LogP contribution in [0.3, 0.4) is 0 Å². The van der Waals surface area contributed by atoms with Crippen molar-refractivity contribution in [2.45, 2.75) is 26.3 Å². The summed E-state index contributed by atoms with van der Waals surface area (Å²) in [4.78, 5) is 16.4. The van der Waals surface area contributed by atoms with Crippen LogP contribution in [-0.2, 0) is 4.74 Å². The number of carbonyl (C=O) groups excluding carboxylic acids is 1. The highest BCUT2D eigenvalue weighted by atomic mass is 16.5. The average Bonchev–Trinajstić information content (AvgIpc) is 2.49. The minimum Gasteiger partial charge on any atom is -0.465 e. The summed E-state index contributed by atoms with van der Waals surface area (Å²) in [7, 11) is 1.41. The van der Waals surface area contributed by atoms with E-state index in [4.69, 9.17) is 4.74 Å². The van der Waals surface area contributed by atoms with Crippen molar-refractivity contribution in [1.82, 2.24) is 4.90 Å². The van der Waals surface area contributed by atoms with Gasteiger partial charge in [-0.15, -0.1) is 0 Å². The highest BCUT2D eigenvalue weighted by Gasteiger charge is 2.23. The van der Waals surface area contributed by atoms with E-state index in [1.807, 2.05) is 24.3 Å². The van der Waals surface area contributed by atoms with Gasteiger partial charge >= 0.3 is 5.97 Å². The molecule has 1 aromatic rings. The molecule has 0 N–H and O–H groups in total. The molecule has 1 atom stereocenters. The van der Waals surface area contributed by atoms with Crippen LogP contribution in [0.1, 0.15) is 30.6 Å². The maximum Gasteiger partial charge on any atom is 0.337 e. The zero-order chi connectivity index (χ0) is 14.5. The second kappa shape index (κ2) is 6.75. The molecule has 1 aliphatic heterocycles. The first kappa shape index (κ1) is 14.9. The van der Waals surface area contributed by atoms with E-state index in [0.29, 0.717) is 11.6 Å². The van der Waals surface area contributed by atoms with Crippen LogP contribution in [0.15, 0.2) is 24.3 Å². The lowest BCUT2D eigenvalue weighted by atomic mass is 10.1. The molecule has 0 saturated carbocycles. The van der Waals surface area contributed by atoms with Crippen LogP contribution in [-0.4, -0.2) is 50.2 Å². The van der Waals surface area contributed by atoms with Gasteiger partial charge in [-0.05, 0) is 44.2 Å². The molecule has 1 saturated heterocycles. The van der Waals surface area contributed by atoms with Crippen LogP contribution >= 0.6 is 0 Å². The molecule has 4 nitrogen and oxygen atoms in total. The number of hydrogen-bond acceptors (Lipinski definition) is 4.